The molecule has 5 rings (SSSR count). The predicted molar refractivity (Wildman–Crippen MR) is 156 cm³/mol. The Morgan fingerprint density at radius 1 is 0.929 bits per heavy atom. The number of amides is 3. The van der Waals surface area contributed by atoms with Crippen LogP contribution in [0.1, 0.15) is 44.9 Å². The Hall–Kier alpha value is -4.99. The van der Waals surface area contributed by atoms with Gasteiger partial charge in [0.15, 0.2) is 0 Å². The number of benzene rings is 3. The number of fused-ring (bicyclic) bond motifs is 5. The van der Waals surface area contributed by atoms with Crippen molar-refractivity contribution in [3.8, 4) is 28.3 Å². The van der Waals surface area contributed by atoms with E-state index in [9.17, 15) is 23.9 Å². The van der Waals surface area contributed by atoms with Gasteiger partial charge in [-0.05, 0) is 85.8 Å². The lowest BCUT2D eigenvalue weighted by molar-refractivity contribution is -0.121. The Morgan fingerprint density at radius 3 is 2.52 bits per heavy atom. The van der Waals surface area contributed by atoms with Crippen LogP contribution in [0.4, 0.5) is 4.39 Å². The molecule has 0 saturated heterocycles. The van der Waals surface area contributed by atoms with Crippen LogP contribution in [-0.4, -0.2) is 63.9 Å². The summed E-state index contributed by atoms with van der Waals surface area (Å²) in [7, 11) is 0. The van der Waals surface area contributed by atoms with Crippen molar-refractivity contribution in [2.75, 3.05) is 26.2 Å². The van der Waals surface area contributed by atoms with Crippen molar-refractivity contribution >= 4 is 17.7 Å². The summed E-state index contributed by atoms with van der Waals surface area (Å²) in [6.45, 7) is 2.58. The molecule has 2 heterocycles. The summed E-state index contributed by atoms with van der Waals surface area (Å²) in [5, 5.41) is 16.3. The Bertz CT molecular complexity index is 1620. The zero-order valence-corrected chi connectivity index (χ0v) is 23.2. The molecule has 4 bridgehead atoms. The van der Waals surface area contributed by atoms with E-state index in [0.29, 0.717) is 60.6 Å². The molecule has 42 heavy (non-hydrogen) atoms. The number of phenols is 1. The Kier molecular flexibility index (Phi) is 8.61. The molecular formula is C32H32FN5O4. The summed E-state index contributed by atoms with van der Waals surface area (Å²) in [6, 6.07) is 18.1. The summed E-state index contributed by atoms with van der Waals surface area (Å²) >= 11 is 0. The average molecular weight is 570 g/mol. The van der Waals surface area contributed by atoms with Crippen LogP contribution in [0.15, 0.2) is 66.7 Å². The van der Waals surface area contributed by atoms with E-state index in [-0.39, 0.29) is 42.2 Å². The standard InChI is InChI=1S/C32H32FN5O4/c1-20-29(37-30(36-20)22-8-10-25(33)11-9-22)32(42)38-16-3-2-14-35-31(41)24-6-4-5-23(18-24)26-17-21(7-12-27(26)39)13-15-34-28(40)19-38/h4-12,17-18,39H,2-3,13-16,19H2,1H3,(H,34,40)(H,35,41)(H,36,37). The molecule has 0 radical (unpaired) electrons. The molecule has 4 N–H and O–H groups in total. The topological polar surface area (TPSA) is 127 Å². The van der Waals surface area contributed by atoms with E-state index in [2.05, 4.69) is 20.6 Å². The van der Waals surface area contributed by atoms with Crippen LogP contribution in [0.3, 0.4) is 0 Å². The second-order valence-corrected chi connectivity index (χ2v) is 10.3. The van der Waals surface area contributed by atoms with Gasteiger partial charge in [0.1, 0.15) is 23.1 Å². The molecule has 1 aromatic heterocycles. The number of hydrogen-bond acceptors (Lipinski definition) is 5. The maximum Gasteiger partial charge on any atom is 0.274 e. The van der Waals surface area contributed by atoms with Crippen LogP contribution >= 0.6 is 0 Å². The molecule has 216 valence electrons. The van der Waals surface area contributed by atoms with Crippen molar-refractivity contribution < 1.29 is 23.9 Å². The quantitative estimate of drug-likeness (QED) is 0.288. The van der Waals surface area contributed by atoms with Gasteiger partial charge < -0.3 is 25.6 Å². The monoisotopic (exact) mass is 569 g/mol. The Balaban J connectivity index is 1.36. The van der Waals surface area contributed by atoms with E-state index in [0.717, 1.165) is 11.1 Å². The fourth-order valence-electron chi connectivity index (χ4n) is 4.92. The lowest BCUT2D eigenvalue weighted by Crippen LogP contribution is -2.42. The van der Waals surface area contributed by atoms with Crippen LogP contribution in [0.2, 0.25) is 0 Å². The molecular weight excluding hydrogens is 537 g/mol. The van der Waals surface area contributed by atoms with Crippen molar-refractivity contribution in [3.63, 3.8) is 0 Å². The summed E-state index contributed by atoms with van der Waals surface area (Å²) < 4.78 is 13.4. The van der Waals surface area contributed by atoms with Gasteiger partial charge in [-0.2, -0.15) is 0 Å². The molecule has 1 aliphatic rings. The number of rotatable bonds is 2. The molecule has 0 saturated carbocycles. The number of nitrogens with one attached hydrogen (secondary N) is 3. The Morgan fingerprint density at radius 2 is 1.71 bits per heavy atom. The van der Waals surface area contributed by atoms with Gasteiger partial charge in [-0.3, -0.25) is 14.4 Å². The van der Waals surface area contributed by atoms with Gasteiger partial charge in [0.25, 0.3) is 11.8 Å². The van der Waals surface area contributed by atoms with Crippen LogP contribution in [0, 0.1) is 12.7 Å². The minimum absolute atomic E-state index is 0.0974. The van der Waals surface area contributed by atoms with Gasteiger partial charge >= 0.3 is 0 Å². The molecule has 0 unspecified atom stereocenters. The highest BCUT2D eigenvalue weighted by atomic mass is 19.1. The zero-order chi connectivity index (χ0) is 29.6. The smallest absolute Gasteiger partial charge is 0.274 e. The Labute approximate surface area is 242 Å². The van der Waals surface area contributed by atoms with Gasteiger partial charge in [-0.15, -0.1) is 0 Å². The molecule has 3 amide bonds. The second kappa shape index (κ2) is 12.7. The summed E-state index contributed by atoms with van der Waals surface area (Å²) in [5.74, 6) is -0.784. The van der Waals surface area contributed by atoms with Crippen LogP contribution in [-0.2, 0) is 11.2 Å². The van der Waals surface area contributed by atoms with E-state index < -0.39 is 5.91 Å². The van der Waals surface area contributed by atoms with Gasteiger partial charge in [0, 0.05) is 42.0 Å². The lowest BCUT2D eigenvalue weighted by atomic mass is 9.98. The molecule has 4 aromatic rings. The van der Waals surface area contributed by atoms with Gasteiger partial charge in [-0.1, -0.05) is 18.2 Å². The molecule has 0 fully saturated rings. The SMILES string of the molecule is Cc1[nH]c(-c2ccc(F)cc2)nc1C(=O)N1CCCCNC(=O)c2cccc(c2)-c2cc(ccc2O)CCNC(=O)C1. The van der Waals surface area contributed by atoms with Gasteiger partial charge in [0.05, 0.1) is 6.54 Å². The summed E-state index contributed by atoms with van der Waals surface area (Å²) in [4.78, 5) is 48.4. The molecule has 10 heteroatoms. The first kappa shape index (κ1) is 28.5. The number of imidazole rings is 1. The number of carbonyl (C=O) groups is 3. The highest BCUT2D eigenvalue weighted by Gasteiger charge is 2.24. The largest absolute Gasteiger partial charge is 0.507 e. The minimum atomic E-state index is -0.398. The van der Waals surface area contributed by atoms with Crippen LogP contribution < -0.4 is 10.6 Å². The van der Waals surface area contributed by atoms with E-state index in [4.69, 9.17) is 0 Å². The third kappa shape index (κ3) is 6.65. The second-order valence-electron chi connectivity index (χ2n) is 10.3. The molecule has 9 nitrogen and oxygen atoms in total. The van der Waals surface area contributed by atoms with Gasteiger partial charge in [-0.25, -0.2) is 9.37 Å². The number of aromatic amines is 1. The number of aromatic hydroxyl groups is 1. The highest BCUT2D eigenvalue weighted by molar-refractivity contribution is 5.97. The van der Waals surface area contributed by atoms with Crippen molar-refractivity contribution in [1.82, 2.24) is 25.5 Å². The van der Waals surface area contributed by atoms with Crippen molar-refractivity contribution in [2.24, 2.45) is 0 Å². The third-order valence-corrected chi connectivity index (χ3v) is 7.20. The van der Waals surface area contributed by atoms with Crippen molar-refractivity contribution in [3.05, 3.63) is 95.1 Å². The molecule has 0 aliphatic carbocycles. The predicted octanol–water partition coefficient (Wildman–Crippen LogP) is 4.22. The normalized spacial score (nSPS) is 14.9. The van der Waals surface area contributed by atoms with E-state index in [1.807, 2.05) is 12.1 Å². The molecule has 3 aromatic carbocycles. The summed E-state index contributed by atoms with van der Waals surface area (Å²) in [5.41, 5.74) is 4.06. The number of aryl methyl sites for hydroxylation is 1. The molecule has 1 aliphatic heterocycles. The van der Waals surface area contributed by atoms with Crippen molar-refractivity contribution in [1.29, 1.82) is 0 Å². The maximum atomic E-state index is 13.6. The third-order valence-electron chi connectivity index (χ3n) is 7.20. The average Bonchev–Trinajstić information content (AvgIpc) is 3.38. The number of carbonyl (C=O) groups excluding carboxylic acids is 3. The highest BCUT2D eigenvalue weighted by Crippen LogP contribution is 2.31. The number of phenolic OH excluding ortho intramolecular Hbond substituents is 1. The van der Waals surface area contributed by atoms with E-state index in [1.165, 1.54) is 17.0 Å². The lowest BCUT2D eigenvalue weighted by Gasteiger charge is -2.22. The van der Waals surface area contributed by atoms with E-state index in [1.54, 1.807) is 49.4 Å². The number of aromatic nitrogens is 2. The number of halogens is 1. The zero-order valence-electron chi connectivity index (χ0n) is 23.2. The van der Waals surface area contributed by atoms with Crippen LogP contribution in [0.25, 0.3) is 22.5 Å². The van der Waals surface area contributed by atoms with Gasteiger partial charge in [0.2, 0.25) is 5.91 Å². The number of hydrogen-bond donors (Lipinski definition) is 4. The first-order chi connectivity index (χ1) is 20.3. The number of nitrogens with zero attached hydrogens (tertiary/aromatic N) is 2. The first-order valence-electron chi connectivity index (χ1n) is 13.9. The number of H-pyrrole nitrogens is 1. The molecule has 0 spiro atoms. The maximum absolute atomic E-state index is 13.6. The van der Waals surface area contributed by atoms with E-state index >= 15 is 0 Å². The summed E-state index contributed by atoms with van der Waals surface area (Å²) in [6.07, 6.45) is 1.64. The van der Waals surface area contributed by atoms with Crippen LogP contribution in [0.5, 0.6) is 5.75 Å². The fraction of sp³-hybridized carbons (Fsp3) is 0.250. The minimum Gasteiger partial charge on any atom is -0.507 e. The first-order valence-corrected chi connectivity index (χ1v) is 13.9. The molecule has 0 atom stereocenters. The van der Waals surface area contributed by atoms with Crippen molar-refractivity contribution in [2.45, 2.75) is 26.2 Å². The fourth-order valence-corrected chi connectivity index (χ4v) is 4.92.